The minimum Gasteiger partial charge on any atom is -0.372 e. The second-order valence-electron chi connectivity index (χ2n) is 4.17. The molecule has 2 aliphatic heterocycles. The van der Waals surface area contributed by atoms with Crippen molar-refractivity contribution in [1.29, 1.82) is 0 Å². The van der Waals surface area contributed by atoms with Gasteiger partial charge in [-0.1, -0.05) is 30.3 Å². The Labute approximate surface area is 95.3 Å². The Morgan fingerprint density at radius 1 is 1.19 bits per heavy atom. The Hall–Kier alpha value is -0.900. The van der Waals surface area contributed by atoms with E-state index >= 15 is 0 Å². The topological polar surface area (TPSA) is 27.7 Å². The van der Waals surface area contributed by atoms with Crippen LogP contribution in [0.4, 0.5) is 0 Å². The number of rotatable bonds is 3. The molecule has 0 amide bonds. The molecule has 85 valence electrons. The van der Waals surface area contributed by atoms with Gasteiger partial charge in [-0.3, -0.25) is 0 Å². The molecular weight excluding hydrogens is 204 g/mol. The van der Waals surface area contributed by atoms with E-state index in [1.165, 1.54) is 5.56 Å². The van der Waals surface area contributed by atoms with E-state index < -0.39 is 0 Å². The first kappa shape index (κ1) is 10.3. The van der Waals surface area contributed by atoms with E-state index in [0.29, 0.717) is 19.8 Å². The van der Waals surface area contributed by atoms with Crippen LogP contribution >= 0.6 is 0 Å². The van der Waals surface area contributed by atoms with Crippen LogP contribution in [0.15, 0.2) is 30.3 Å². The highest BCUT2D eigenvalue weighted by Crippen LogP contribution is 2.28. The summed E-state index contributed by atoms with van der Waals surface area (Å²) in [6.45, 7) is 1.95. The highest BCUT2D eigenvalue weighted by atomic mass is 16.6. The van der Waals surface area contributed by atoms with Gasteiger partial charge in [0.15, 0.2) is 0 Å². The monoisotopic (exact) mass is 219 g/mol. The Balaban J connectivity index is 1.56. The van der Waals surface area contributed by atoms with Crippen LogP contribution in [0, 0.1) is 6.42 Å². The van der Waals surface area contributed by atoms with Crippen molar-refractivity contribution in [2.45, 2.75) is 24.9 Å². The molecule has 0 spiro atoms. The first-order chi connectivity index (χ1) is 7.93. The predicted molar refractivity (Wildman–Crippen MR) is 58.8 cm³/mol. The summed E-state index contributed by atoms with van der Waals surface area (Å²) in [5.74, 6) is 0. The lowest BCUT2D eigenvalue weighted by molar-refractivity contribution is -0.0377. The van der Waals surface area contributed by atoms with Crippen LogP contribution in [-0.4, -0.2) is 31.5 Å². The first-order valence-electron chi connectivity index (χ1n) is 5.65. The standard InChI is InChI=1S/C13H15O3/c1-2-4-10(5-3-1)8-15-12-9-16-11-6-7-14-13(11)12/h1-6,11-13H,7-9H2/t11-,12+,13-/m1/s1. The molecule has 16 heavy (non-hydrogen) atoms. The highest BCUT2D eigenvalue weighted by molar-refractivity contribution is 5.13. The Kier molecular flexibility index (Phi) is 2.91. The lowest BCUT2D eigenvalue weighted by Crippen LogP contribution is -2.29. The summed E-state index contributed by atoms with van der Waals surface area (Å²) in [6, 6.07) is 10.2. The van der Waals surface area contributed by atoms with Crippen molar-refractivity contribution in [3.05, 3.63) is 42.3 Å². The van der Waals surface area contributed by atoms with Gasteiger partial charge in [0.2, 0.25) is 0 Å². The van der Waals surface area contributed by atoms with E-state index in [9.17, 15) is 0 Å². The summed E-state index contributed by atoms with van der Waals surface area (Å²) in [4.78, 5) is 0. The summed E-state index contributed by atoms with van der Waals surface area (Å²) < 4.78 is 17.0. The molecule has 1 aromatic rings. The third-order valence-corrected chi connectivity index (χ3v) is 3.07. The van der Waals surface area contributed by atoms with Crippen molar-refractivity contribution in [2.75, 3.05) is 13.2 Å². The van der Waals surface area contributed by atoms with E-state index in [2.05, 4.69) is 18.6 Å². The maximum atomic E-state index is 5.83. The predicted octanol–water partition coefficient (Wildman–Crippen LogP) is 1.57. The minimum absolute atomic E-state index is 0.0731. The summed E-state index contributed by atoms with van der Waals surface area (Å²) in [7, 11) is 0. The van der Waals surface area contributed by atoms with Gasteiger partial charge in [-0.25, -0.2) is 0 Å². The van der Waals surface area contributed by atoms with Crippen molar-refractivity contribution >= 4 is 0 Å². The molecule has 3 nitrogen and oxygen atoms in total. The normalized spacial score (nSPS) is 32.9. The van der Waals surface area contributed by atoms with Gasteiger partial charge < -0.3 is 14.2 Å². The van der Waals surface area contributed by atoms with E-state index in [1.54, 1.807) is 0 Å². The smallest absolute Gasteiger partial charge is 0.112 e. The highest BCUT2D eigenvalue weighted by Gasteiger charge is 2.42. The van der Waals surface area contributed by atoms with E-state index in [-0.39, 0.29) is 18.3 Å². The lowest BCUT2D eigenvalue weighted by Gasteiger charge is -2.16. The Morgan fingerprint density at radius 2 is 2.06 bits per heavy atom. The van der Waals surface area contributed by atoms with Crippen molar-refractivity contribution < 1.29 is 14.2 Å². The minimum atomic E-state index is 0.0731. The van der Waals surface area contributed by atoms with Crippen LogP contribution in [-0.2, 0) is 20.8 Å². The van der Waals surface area contributed by atoms with E-state index in [1.807, 2.05) is 18.2 Å². The number of hydrogen-bond donors (Lipinski definition) is 0. The zero-order chi connectivity index (χ0) is 10.8. The molecule has 2 fully saturated rings. The molecule has 2 saturated heterocycles. The maximum absolute atomic E-state index is 5.83. The van der Waals surface area contributed by atoms with Gasteiger partial charge in [0.25, 0.3) is 0 Å². The average molecular weight is 219 g/mol. The Morgan fingerprint density at radius 3 is 2.94 bits per heavy atom. The summed E-state index contributed by atoms with van der Waals surface area (Å²) >= 11 is 0. The summed E-state index contributed by atoms with van der Waals surface area (Å²) in [5.41, 5.74) is 1.19. The van der Waals surface area contributed by atoms with Crippen LogP contribution in [0.2, 0.25) is 0 Å². The van der Waals surface area contributed by atoms with Gasteiger partial charge in [0.05, 0.1) is 25.9 Å². The molecular formula is C13H15O3. The van der Waals surface area contributed by atoms with Gasteiger partial charge in [-0.05, 0) is 5.56 Å². The fourth-order valence-corrected chi connectivity index (χ4v) is 2.19. The van der Waals surface area contributed by atoms with Gasteiger partial charge in [0.1, 0.15) is 12.2 Å². The molecule has 3 heteroatoms. The zero-order valence-electron chi connectivity index (χ0n) is 9.04. The van der Waals surface area contributed by atoms with Crippen LogP contribution in [0.25, 0.3) is 0 Å². The van der Waals surface area contributed by atoms with Crippen molar-refractivity contribution in [3.63, 3.8) is 0 Å². The molecule has 3 rings (SSSR count). The van der Waals surface area contributed by atoms with E-state index in [0.717, 1.165) is 0 Å². The molecule has 2 heterocycles. The number of fused-ring (bicyclic) bond motifs is 1. The molecule has 0 N–H and O–H groups in total. The molecule has 0 aliphatic carbocycles. The second kappa shape index (κ2) is 4.53. The molecule has 0 unspecified atom stereocenters. The molecule has 1 radical (unpaired) electrons. The summed E-state index contributed by atoms with van der Waals surface area (Å²) in [6.07, 6.45) is 2.38. The largest absolute Gasteiger partial charge is 0.372 e. The third kappa shape index (κ3) is 1.98. The number of benzene rings is 1. The number of ether oxygens (including phenoxy) is 3. The van der Waals surface area contributed by atoms with E-state index in [4.69, 9.17) is 14.2 Å². The van der Waals surface area contributed by atoms with Crippen LogP contribution in [0.5, 0.6) is 0 Å². The Bertz CT molecular complexity index is 338. The zero-order valence-corrected chi connectivity index (χ0v) is 9.04. The first-order valence-corrected chi connectivity index (χ1v) is 5.65. The fraction of sp³-hybridized carbons (Fsp3) is 0.462. The van der Waals surface area contributed by atoms with Crippen LogP contribution in [0.3, 0.4) is 0 Å². The fourth-order valence-electron chi connectivity index (χ4n) is 2.19. The van der Waals surface area contributed by atoms with Crippen molar-refractivity contribution in [3.8, 4) is 0 Å². The van der Waals surface area contributed by atoms with Crippen LogP contribution in [0.1, 0.15) is 5.56 Å². The molecule has 3 atom stereocenters. The summed E-state index contributed by atoms with van der Waals surface area (Å²) in [5, 5.41) is 0. The average Bonchev–Trinajstić information content (AvgIpc) is 2.90. The molecule has 0 saturated carbocycles. The van der Waals surface area contributed by atoms with Crippen LogP contribution < -0.4 is 0 Å². The second-order valence-corrected chi connectivity index (χ2v) is 4.17. The van der Waals surface area contributed by atoms with Crippen molar-refractivity contribution in [2.24, 2.45) is 0 Å². The maximum Gasteiger partial charge on any atom is 0.112 e. The van der Waals surface area contributed by atoms with Gasteiger partial charge in [-0.15, -0.1) is 0 Å². The molecule has 0 bridgehead atoms. The van der Waals surface area contributed by atoms with Gasteiger partial charge in [0, 0.05) is 6.42 Å². The number of hydrogen-bond acceptors (Lipinski definition) is 3. The van der Waals surface area contributed by atoms with Gasteiger partial charge in [-0.2, -0.15) is 0 Å². The quantitative estimate of drug-likeness (QED) is 0.772. The van der Waals surface area contributed by atoms with Gasteiger partial charge >= 0.3 is 0 Å². The van der Waals surface area contributed by atoms with Crippen molar-refractivity contribution in [1.82, 2.24) is 0 Å². The molecule has 0 aromatic heterocycles. The SMILES string of the molecule is [CH]1CO[C@H]2[C@@H](OCc3ccccc3)CO[C@H]12. The third-order valence-electron chi connectivity index (χ3n) is 3.07. The molecule has 2 aliphatic rings. The lowest BCUT2D eigenvalue weighted by atomic mass is 10.1. The molecule has 1 aromatic carbocycles.